The number of aromatic nitrogens is 2. The molecule has 0 aliphatic heterocycles. The number of hydrogen-bond acceptors (Lipinski definition) is 3. The van der Waals surface area contributed by atoms with Crippen molar-refractivity contribution in [1.29, 1.82) is 0 Å². The maximum Gasteiger partial charge on any atom is 0.251 e. The van der Waals surface area contributed by atoms with Gasteiger partial charge in [0.2, 0.25) is 0 Å². The Balaban J connectivity index is 1.69. The number of nitrogens with zero attached hydrogens (tertiary/aromatic N) is 2. The number of carbonyl (C=O) groups is 1. The Hall–Kier alpha value is -1.92. The third-order valence-corrected chi connectivity index (χ3v) is 5.13. The first-order chi connectivity index (χ1) is 11.0. The van der Waals surface area contributed by atoms with Crippen LogP contribution in [0.15, 0.2) is 46.3 Å². The van der Waals surface area contributed by atoms with Gasteiger partial charge in [0.15, 0.2) is 0 Å². The fourth-order valence-electron chi connectivity index (χ4n) is 2.36. The van der Waals surface area contributed by atoms with E-state index in [2.05, 4.69) is 26.3 Å². The number of thiophene rings is 1. The van der Waals surface area contributed by atoms with E-state index in [1.807, 2.05) is 60.3 Å². The lowest BCUT2D eigenvalue weighted by Crippen LogP contribution is -2.22. The molecule has 1 amide bonds. The molecule has 0 fully saturated rings. The first kappa shape index (κ1) is 16.0. The Morgan fingerprint density at radius 3 is 2.57 bits per heavy atom. The molecule has 1 aromatic carbocycles. The number of rotatable bonds is 4. The normalized spacial score (nSPS) is 10.7. The van der Waals surface area contributed by atoms with E-state index >= 15 is 0 Å². The van der Waals surface area contributed by atoms with Crippen LogP contribution < -0.4 is 5.32 Å². The largest absolute Gasteiger partial charge is 0.347 e. The summed E-state index contributed by atoms with van der Waals surface area (Å²) in [5.41, 5.74) is 3.65. The van der Waals surface area contributed by atoms with Crippen LogP contribution in [-0.2, 0) is 6.54 Å². The number of hydrogen-bond donors (Lipinski definition) is 1. The second kappa shape index (κ2) is 6.68. The van der Waals surface area contributed by atoms with Gasteiger partial charge in [-0.25, -0.2) is 4.68 Å². The van der Waals surface area contributed by atoms with Crippen LogP contribution in [-0.4, -0.2) is 15.7 Å². The van der Waals surface area contributed by atoms with Crippen molar-refractivity contribution >= 4 is 33.2 Å². The van der Waals surface area contributed by atoms with Crippen molar-refractivity contribution in [2.75, 3.05) is 0 Å². The van der Waals surface area contributed by atoms with Gasteiger partial charge in [0, 0.05) is 26.0 Å². The van der Waals surface area contributed by atoms with E-state index in [0.717, 1.165) is 26.4 Å². The average Bonchev–Trinajstić information content (AvgIpc) is 3.10. The number of nitrogens with one attached hydrogen (secondary N) is 1. The molecule has 0 saturated heterocycles. The molecule has 3 rings (SSSR count). The molecule has 0 aliphatic carbocycles. The van der Waals surface area contributed by atoms with E-state index in [4.69, 9.17) is 0 Å². The molecule has 23 heavy (non-hydrogen) atoms. The molecule has 4 nitrogen and oxygen atoms in total. The molecule has 0 aliphatic rings. The van der Waals surface area contributed by atoms with Crippen LogP contribution in [0.25, 0.3) is 5.69 Å². The Morgan fingerprint density at radius 1 is 1.26 bits per heavy atom. The summed E-state index contributed by atoms with van der Waals surface area (Å²) in [6.07, 6.45) is 0. The van der Waals surface area contributed by atoms with E-state index in [0.29, 0.717) is 12.1 Å². The van der Waals surface area contributed by atoms with Gasteiger partial charge in [0.05, 0.1) is 17.9 Å². The number of amides is 1. The van der Waals surface area contributed by atoms with Gasteiger partial charge < -0.3 is 5.32 Å². The van der Waals surface area contributed by atoms with Gasteiger partial charge in [0.25, 0.3) is 5.91 Å². The maximum absolute atomic E-state index is 12.2. The second-order valence-electron chi connectivity index (χ2n) is 5.30. The minimum absolute atomic E-state index is 0.0746. The van der Waals surface area contributed by atoms with Crippen molar-refractivity contribution in [1.82, 2.24) is 15.1 Å². The van der Waals surface area contributed by atoms with Gasteiger partial charge in [0.1, 0.15) is 0 Å². The summed E-state index contributed by atoms with van der Waals surface area (Å²) < 4.78 is 2.92. The van der Waals surface area contributed by atoms with Crippen molar-refractivity contribution in [3.63, 3.8) is 0 Å². The van der Waals surface area contributed by atoms with Crippen LogP contribution in [0, 0.1) is 13.8 Å². The van der Waals surface area contributed by atoms with E-state index in [1.165, 1.54) is 0 Å². The van der Waals surface area contributed by atoms with Gasteiger partial charge >= 0.3 is 0 Å². The van der Waals surface area contributed by atoms with Crippen molar-refractivity contribution in [2.24, 2.45) is 0 Å². The molecular formula is C17H16BrN3OS. The fraction of sp³-hybridized carbons (Fsp3) is 0.176. The monoisotopic (exact) mass is 389 g/mol. The highest BCUT2D eigenvalue weighted by molar-refractivity contribution is 9.10. The lowest BCUT2D eigenvalue weighted by molar-refractivity contribution is 0.0951. The lowest BCUT2D eigenvalue weighted by Gasteiger charge is -2.07. The summed E-state index contributed by atoms with van der Waals surface area (Å²) in [6.45, 7) is 4.52. The highest BCUT2D eigenvalue weighted by atomic mass is 79.9. The van der Waals surface area contributed by atoms with E-state index in [-0.39, 0.29) is 5.91 Å². The highest BCUT2D eigenvalue weighted by Crippen LogP contribution is 2.19. The molecule has 2 aromatic heterocycles. The molecule has 3 aromatic rings. The first-order valence-corrected chi connectivity index (χ1v) is 8.85. The zero-order valence-electron chi connectivity index (χ0n) is 12.8. The molecule has 0 spiro atoms. The SMILES string of the molecule is Cc1cc(C)n(-c2ccc(C(=O)NCc3cc(Br)cs3)cc2)n1. The van der Waals surface area contributed by atoms with Crippen LogP contribution in [0.4, 0.5) is 0 Å². The van der Waals surface area contributed by atoms with Crippen LogP contribution in [0.5, 0.6) is 0 Å². The zero-order valence-corrected chi connectivity index (χ0v) is 15.2. The van der Waals surface area contributed by atoms with Crippen molar-refractivity contribution in [2.45, 2.75) is 20.4 Å². The van der Waals surface area contributed by atoms with Crippen LogP contribution in [0.3, 0.4) is 0 Å². The summed E-state index contributed by atoms with van der Waals surface area (Å²) in [5.74, 6) is -0.0746. The third-order valence-electron chi connectivity index (χ3n) is 3.43. The first-order valence-electron chi connectivity index (χ1n) is 7.18. The topological polar surface area (TPSA) is 46.9 Å². The van der Waals surface area contributed by atoms with Gasteiger partial charge in [-0.15, -0.1) is 11.3 Å². The van der Waals surface area contributed by atoms with Gasteiger partial charge in [-0.3, -0.25) is 4.79 Å². The highest BCUT2D eigenvalue weighted by Gasteiger charge is 2.08. The third kappa shape index (κ3) is 3.71. The van der Waals surface area contributed by atoms with Crippen LogP contribution >= 0.6 is 27.3 Å². The van der Waals surface area contributed by atoms with Gasteiger partial charge in [-0.1, -0.05) is 0 Å². The van der Waals surface area contributed by atoms with Crippen LogP contribution in [0.2, 0.25) is 0 Å². The van der Waals surface area contributed by atoms with E-state index in [1.54, 1.807) is 11.3 Å². The Kier molecular flexibility index (Phi) is 4.63. The van der Waals surface area contributed by atoms with E-state index in [9.17, 15) is 4.79 Å². The van der Waals surface area contributed by atoms with E-state index < -0.39 is 0 Å². The quantitative estimate of drug-likeness (QED) is 0.724. The summed E-state index contributed by atoms with van der Waals surface area (Å²) in [7, 11) is 0. The fourth-order valence-corrected chi connectivity index (χ4v) is 3.75. The molecule has 0 unspecified atom stereocenters. The predicted octanol–water partition coefficient (Wildman–Crippen LogP) is 4.24. The Morgan fingerprint density at radius 2 is 2.00 bits per heavy atom. The lowest BCUT2D eigenvalue weighted by atomic mass is 10.2. The summed E-state index contributed by atoms with van der Waals surface area (Å²) in [4.78, 5) is 13.3. The minimum Gasteiger partial charge on any atom is -0.347 e. The number of carbonyl (C=O) groups excluding carboxylic acids is 1. The molecule has 0 atom stereocenters. The molecule has 6 heteroatoms. The van der Waals surface area contributed by atoms with Crippen molar-refractivity contribution < 1.29 is 4.79 Å². The molecule has 2 heterocycles. The van der Waals surface area contributed by atoms with Gasteiger partial charge in [-0.2, -0.15) is 5.10 Å². The molecule has 118 valence electrons. The van der Waals surface area contributed by atoms with Crippen molar-refractivity contribution in [3.8, 4) is 5.69 Å². The number of benzene rings is 1. The molecule has 0 radical (unpaired) electrons. The minimum atomic E-state index is -0.0746. The van der Waals surface area contributed by atoms with Crippen molar-refractivity contribution in [3.05, 3.63) is 68.1 Å². The molecule has 0 bridgehead atoms. The molecule has 0 saturated carbocycles. The van der Waals surface area contributed by atoms with Gasteiger partial charge in [-0.05, 0) is 66.2 Å². The summed E-state index contributed by atoms with van der Waals surface area (Å²) in [5, 5.41) is 9.38. The zero-order chi connectivity index (χ0) is 16.4. The Labute approximate surface area is 147 Å². The Bertz CT molecular complexity index is 836. The average molecular weight is 390 g/mol. The second-order valence-corrected chi connectivity index (χ2v) is 7.21. The summed E-state index contributed by atoms with van der Waals surface area (Å²) in [6, 6.07) is 11.5. The number of halogens is 1. The van der Waals surface area contributed by atoms with Crippen LogP contribution in [0.1, 0.15) is 26.6 Å². The maximum atomic E-state index is 12.2. The standard InChI is InChI=1S/C17H16BrN3OS/c1-11-7-12(2)21(20-11)15-5-3-13(4-6-15)17(22)19-9-16-8-14(18)10-23-16/h3-8,10H,9H2,1-2H3,(H,19,22). The summed E-state index contributed by atoms with van der Waals surface area (Å²) >= 11 is 5.03. The molecular weight excluding hydrogens is 374 g/mol. The number of aryl methyl sites for hydroxylation is 2. The smallest absolute Gasteiger partial charge is 0.251 e. The molecule has 1 N–H and O–H groups in total. The predicted molar refractivity (Wildman–Crippen MR) is 96.2 cm³/mol.